The summed E-state index contributed by atoms with van der Waals surface area (Å²) in [6.45, 7) is 2.08. The summed E-state index contributed by atoms with van der Waals surface area (Å²) in [5, 5.41) is 1.97. The number of carbonyl (C=O) groups excluding carboxylic acids is 2. The minimum Gasteiger partial charge on any atom is -0.465 e. The molecule has 0 bridgehead atoms. The number of ether oxygens (including phenoxy) is 1. The van der Waals surface area contributed by atoms with E-state index in [0.717, 1.165) is 24.0 Å². The largest absolute Gasteiger partial charge is 0.465 e. The summed E-state index contributed by atoms with van der Waals surface area (Å²) in [6.07, 6.45) is 2.54. The molecule has 1 aromatic rings. The zero-order chi connectivity index (χ0) is 11.6. The number of carbonyl (C=O) groups is 2. The van der Waals surface area contributed by atoms with Crippen molar-refractivity contribution >= 4 is 23.6 Å². The zero-order valence-corrected chi connectivity index (χ0v) is 9.96. The second kappa shape index (κ2) is 4.37. The third kappa shape index (κ3) is 1.78. The van der Waals surface area contributed by atoms with Crippen molar-refractivity contribution in [3.8, 4) is 0 Å². The highest BCUT2D eigenvalue weighted by molar-refractivity contribution is 7.10. The molecule has 0 amide bonds. The fourth-order valence-corrected chi connectivity index (χ4v) is 3.08. The van der Waals surface area contributed by atoms with E-state index >= 15 is 0 Å². The molecular formula is C12H14O3S. The molecule has 0 spiro atoms. The predicted molar refractivity (Wildman–Crippen MR) is 61.4 cm³/mol. The Morgan fingerprint density at radius 2 is 2.44 bits per heavy atom. The lowest BCUT2D eigenvalue weighted by molar-refractivity contribution is -0.150. The Hall–Kier alpha value is -1.16. The molecule has 3 nitrogen and oxygen atoms in total. The van der Waals surface area contributed by atoms with Crippen LogP contribution >= 0.6 is 11.3 Å². The smallest absolute Gasteiger partial charge is 0.317 e. The molecule has 0 radical (unpaired) electrons. The topological polar surface area (TPSA) is 43.4 Å². The summed E-state index contributed by atoms with van der Waals surface area (Å²) in [4.78, 5) is 23.9. The van der Waals surface area contributed by atoms with Crippen LogP contribution in [0.25, 0.3) is 0 Å². The first-order chi connectivity index (χ1) is 7.74. The fraction of sp³-hybridized carbons (Fsp3) is 0.500. The average molecular weight is 238 g/mol. The first-order valence-electron chi connectivity index (χ1n) is 5.40. The van der Waals surface area contributed by atoms with Crippen molar-refractivity contribution in [2.24, 2.45) is 5.92 Å². The number of esters is 1. The standard InChI is InChI=1S/C12H14O3S/c1-2-15-11(14)9(8-13)12(5-6-12)10-4-3-7-16-10/h3-4,7-9H,2,5-6H2,1H3. The lowest BCUT2D eigenvalue weighted by Crippen LogP contribution is -2.30. The van der Waals surface area contributed by atoms with Crippen LogP contribution in [0, 0.1) is 5.92 Å². The van der Waals surface area contributed by atoms with Crippen LogP contribution < -0.4 is 0 Å². The fourth-order valence-electron chi connectivity index (χ4n) is 2.05. The van der Waals surface area contributed by atoms with Crippen LogP contribution in [0.3, 0.4) is 0 Å². The molecule has 1 aromatic heterocycles. The third-order valence-corrected chi connectivity index (χ3v) is 4.16. The Kier molecular flexibility index (Phi) is 3.10. The molecule has 1 unspecified atom stereocenters. The van der Waals surface area contributed by atoms with Gasteiger partial charge in [-0.3, -0.25) is 4.79 Å². The Bertz CT molecular complexity index is 379. The molecule has 1 aliphatic carbocycles. The molecule has 1 aliphatic rings. The monoisotopic (exact) mass is 238 g/mol. The van der Waals surface area contributed by atoms with E-state index in [1.54, 1.807) is 18.3 Å². The maximum atomic E-state index is 11.7. The average Bonchev–Trinajstić information content (AvgIpc) is 2.88. The van der Waals surface area contributed by atoms with Crippen LogP contribution in [-0.2, 0) is 19.7 Å². The van der Waals surface area contributed by atoms with Gasteiger partial charge in [0, 0.05) is 10.3 Å². The highest BCUT2D eigenvalue weighted by Gasteiger charge is 2.55. The van der Waals surface area contributed by atoms with Crippen molar-refractivity contribution in [2.45, 2.75) is 25.2 Å². The quantitative estimate of drug-likeness (QED) is 0.448. The van der Waals surface area contributed by atoms with Gasteiger partial charge in [0.2, 0.25) is 0 Å². The maximum absolute atomic E-state index is 11.7. The van der Waals surface area contributed by atoms with E-state index in [9.17, 15) is 9.59 Å². The van der Waals surface area contributed by atoms with Gasteiger partial charge in [-0.15, -0.1) is 11.3 Å². The minimum atomic E-state index is -0.633. The van der Waals surface area contributed by atoms with E-state index < -0.39 is 5.92 Å². The van der Waals surface area contributed by atoms with Crippen molar-refractivity contribution in [3.05, 3.63) is 22.4 Å². The highest BCUT2D eigenvalue weighted by Crippen LogP contribution is 2.55. The van der Waals surface area contributed by atoms with E-state index in [1.807, 2.05) is 17.5 Å². The molecule has 86 valence electrons. The normalized spacial score (nSPS) is 18.8. The first kappa shape index (κ1) is 11.3. The SMILES string of the molecule is CCOC(=O)C(C=O)C1(c2cccs2)CC1. The molecule has 1 atom stereocenters. The number of hydrogen-bond acceptors (Lipinski definition) is 4. The Labute approximate surface area is 98.4 Å². The van der Waals surface area contributed by atoms with Gasteiger partial charge in [0.05, 0.1) is 6.61 Å². The van der Waals surface area contributed by atoms with E-state index in [2.05, 4.69) is 0 Å². The maximum Gasteiger partial charge on any atom is 0.317 e. The predicted octanol–water partition coefficient (Wildman–Crippen LogP) is 2.16. The van der Waals surface area contributed by atoms with E-state index in [4.69, 9.17) is 4.74 Å². The van der Waals surface area contributed by atoms with Crippen molar-refractivity contribution in [3.63, 3.8) is 0 Å². The van der Waals surface area contributed by atoms with Gasteiger partial charge in [-0.25, -0.2) is 0 Å². The lowest BCUT2D eigenvalue weighted by atomic mass is 9.88. The number of aldehydes is 1. The number of hydrogen-bond donors (Lipinski definition) is 0. The molecule has 4 heteroatoms. The van der Waals surface area contributed by atoms with Crippen molar-refractivity contribution in [1.29, 1.82) is 0 Å². The molecule has 0 aromatic carbocycles. The molecule has 2 rings (SSSR count). The Morgan fingerprint density at radius 3 is 2.88 bits per heavy atom. The summed E-state index contributed by atoms with van der Waals surface area (Å²) >= 11 is 1.60. The van der Waals surface area contributed by atoms with E-state index in [0.29, 0.717) is 6.61 Å². The summed E-state index contributed by atoms with van der Waals surface area (Å²) in [5.74, 6) is -1.02. The van der Waals surface area contributed by atoms with Crippen molar-refractivity contribution in [2.75, 3.05) is 6.61 Å². The minimum absolute atomic E-state index is 0.262. The molecule has 16 heavy (non-hydrogen) atoms. The van der Waals surface area contributed by atoms with E-state index in [1.165, 1.54) is 0 Å². The molecule has 0 aliphatic heterocycles. The van der Waals surface area contributed by atoms with Gasteiger partial charge in [0.15, 0.2) is 0 Å². The Balaban J connectivity index is 2.22. The van der Waals surface area contributed by atoms with Gasteiger partial charge in [-0.1, -0.05) is 6.07 Å². The van der Waals surface area contributed by atoms with Crippen LogP contribution in [0.4, 0.5) is 0 Å². The molecular weight excluding hydrogens is 224 g/mol. The number of rotatable bonds is 5. The van der Waals surface area contributed by atoms with Crippen LogP contribution in [0.2, 0.25) is 0 Å². The molecule has 1 fully saturated rings. The Morgan fingerprint density at radius 1 is 1.69 bits per heavy atom. The van der Waals surface area contributed by atoms with Crippen LogP contribution in [0.5, 0.6) is 0 Å². The second-order valence-corrected chi connectivity index (χ2v) is 4.95. The van der Waals surface area contributed by atoms with Crippen LogP contribution in [-0.4, -0.2) is 18.9 Å². The summed E-state index contributed by atoms with van der Waals surface area (Å²) in [7, 11) is 0. The summed E-state index contributed by atoms with van der Waals surface area (Å²) < 4.78 is 4.95. The van der Waals surface area contributed by atoms with Gasteiger partial charge >= 0.3 is 5.97 Å². The molecule has 0 N–H and O–H groups in total. The van der Waals surface area contributed by atoms with Crippen LogP contribution in [0.1, 0.15) is 24.6 Å². The lowest BCUT2D eigenvalue weighted by Gasteiger charge is -2.19. The van der Waals surface area contributed by atoms with Crippen molar-refractivity contribution < 1.29 is 14.3 Å². The van der Waals surface area contributed by atoms with Gasteiger partial charge < -0.3 is 9.53 Å². The molecule has 0 saturated heterocycles. The zero-order valence-electron chi connectivity index (χ0n) is 9.14. The highest BCUT2D eigenvalue weighted by atomic mass is 32.1. The number of thiophene rings is 1. The van der Waals surface area contributed by atoms with E-state index in [-0.39, 0.29) is 11.4 Å². The van der Waals surface area contributed by atoms with Gasteiger partial charge in [0.25, 0.3) is 0 Å². The second-order valence-electron chi connectivity index (χ2n) is 4.00. The van der Waals surface area contributed by atoms with Crippen molar-refractivity contribution in [1.82, 2.24) is 0 Å². The van der Waals surface area contributed by atoms with Gasteiger partial charge in [-0.05, 0) is 31.2 Å². The third-order valence-electron chi connectivity index (χ3n) is 3.07. The first-order valence-corrected chi connectivity index (χ1v) is 6.28. The molecule has 1 heterocycles. The van der Waals surface area contributed by atoms with Crippen LogP contribution in [0.15, 0.2) is 17.5 Å². The summed E-state index contributed by atoms with van der Waals surface area (Å²) in [6, 6.07) is 3.94. The summed E-state index contributed by atoms with van der Waals surface area (Å²) in [5.41, 5.74) is -0.262. The van der Waals surface area contributed by atoms with Gasteiger partial charge in [0.1, 0.15) is 12.2 Å². The molecule has 1 saturated carbocycles. The van der Waals surface area contributed by atoms with Gasteiger partial charge in [-0.2, -0.15) is 0 Å².